The maximum Gasteiger partial charge on any atom is 0.254 e. The van der Waals surface area contributed by atoms with Gasteiger partial charge in [-0.15, -0.1) is 24.8 Å². The number of amides is 1. The number of benzene rings is 1. The molecule has 1 aromatic carbocycles. The van der Waals surface area contributed by atoms with Crippen molar-refractivity contribution in [2.24, 2.45) is 7.05 Å². The van der Waals surface area contributed by atoms with Gasteiger partial charge in [-0.25, -0.2) is 0 Å². The van der Waals surface area contributed by atoms with E-state index in [1.165, 1.54) is 0 Å². The lowest BCUT2D eigenvalue weighted by molar-refractivity contribution is 0.0784. The smallest absolute Gasteiger partial charge is 0.254 e. The molecule has 0 spiro atoms. The summed E-state index contributed by atoms with van der Waals surface area (Å²) in [4.78, 5) is 14.0. The van der Waals surface area contributed by atoms with Gasteiger partial charge in [0.05, 0.1) is 6.20 Å². The lowest BCUT2D eigenvalue weighted by atomic mass is 10.1. The number of rotatable bonds is 3. The van der Waals surface area contributed by atoms with Crippen molar-refractivity contribution in [1.29, 1.82) is 0 Å². The molecule has 0 bridgehead atoms. The summed E-state index contributed by atoms with van der Waals surface area (Å²) in [5, 5.41) is 4.09. The van der Waals surface area contributed by atoms with E-state index in [0.29, 0.717) is 17.8 Å². The fourth-order valence-electron chi connectivity index (χ4n) is 1.97. The molecular formula is C14H20Cl2N4O. The zero-order valence-electron chi connectivity index (χ0n) is 12.2. The lowest BCUT2D eigenvalue weighted by Gasteiger charge is -2.17. The topological polar surface area (TPSA) is 64.2 Å². The van der Waals surface area contributed by atoms with Crippen LogP contribution in [0.5, 0.6) is 0 Å². The number of aryl methyl sites for hydroxylation is 2. The molecule has 116 valence electrons. The molecule has 1 aromatic heterocycles. The van der Waals surface area contributed by atoms with Crippen LogP contribution in [0.4, 0.5) is 5.69 Å². The quantitative estimate of drug-likeness (QED) is 0.879. The zero-order valence-corrected chi connectivity index (χ0v) is 13.9. The Labute approximate surface area is 136 Å². The molecule has 0 aliphatic carbocycles. The van der Waals surface area contributed by atoms with Crippen molar-refractivity contribution in [1.82, 2.24) is 14.7 Å². The van der Waals surface area contributed by atoms with Gasteiger partial charge in [-0.2, -0.15) is 5.10 Å². The Morgan fingerprint density at radius 1 is 1.38 bits per heavy atom. The molecule has 0 atom stereocenters. The summed E-state index contributed by atoms with van der Waals surface area (Å²) in [6, 6.07) is 5.38. The van der Waals surface area contributed by atoms with Gasteiger partial charge < -0.3 is 10.6 Å². The number of halogens is 2. The van der Waals surface area contributed by atoms with Gasteiger partial charge in [0.2, 0.25) is 0 Å². The molecule has 5 nitrogen and oxygen atoms in total. The second-order valence-corrected chi connectivity index (χ2v) is 4.76. The maximum atomic E-state index is 12.4. The van der Waals surface area contributed by atoms with Crippen LogP contribution in [0.2, 0.25) is 0 Å². The Bertz CT molecular complexity index is 613. The van der Waals surface area contributed by atoms with E-state index >= 15 is 0 Å². The molecule has 0 aliphatic heterocycles. The zero-order chi connectivity index (χ0) is 14.0. The predicted molar refractivity (Wildman–Crippen MR) is 89.1 cm³/mol. The van der Waals surface area contributed by atoms with Crippen molar-refractivity contribution in [2.45, 2.75) is 13.5 Å². The summed E-state index contributed by atoms with van der Waals surface area (Å²) >= 11 is 0. The normalized spacial score (nSPS) is 9.48. The second kappa shape index (κ2) is 7.90. The Morgan fingerprint density at radius 3 is 2.62 bits per heavy atom. The van der Waals surface area contributed by atoms with Crippen LogP contribution in [0.1, 0.15) is 21.5 Å². The molecular weight excluding hydrogens is 311 g/mol. The second-order valence-electron chi connectivity index (χ2n) is 4.76. The number of hydrogen-bond acceptors (Lipinski definition) is 3. The van der Waals surface area contributed by atoms with E-state index < -0.39 is 0 Å². The van der Waals surface area contributed by atoms with Gasteiger partial charge >= 0.3 is 0 Å². The number of nitrogens with two attached hydrogens (primary N) is 1. The minimum atomic E-state index is -0.0337. The van der Waals surface area contributed by atoms with Crippen molar-refractivity contribution in [3.8, 4) is 0 Å². The predicted octanol–water partition coefficient (Wildman–Crippen LogP) is 2.43. The molecule has 0 saturated carbocycles. The minimum Gasteiger partial charge on any atom is -0.399 e. The highest BCUT2D eigenvalue weighted by atomic mass is 35.5. The first-order valence-electron chi connectivity index (χ1n) is 6.06. The highest BCUT2D eigenvalue weighted by molar-refractivity contribution is 5.96. The van der Waals surface area contributed by atoms with Crippen LogP contribution in [0.15, 0.2) is 30.6 Å². The summed E-state index contributed by atoms with van der Waals surface area (Å²) in [5.74, 6) is -0.0337. The fourth-order valence-corrected chi connectivity index (χ4v) is 1.97. The first-order chi connectivity index (χ1) is 8.97. The number of anilines is 1. The lowest BCUT2D eigenvalue weighted by Crippen LogP contribution is -2.26. The van der Waals surface area contributed by atoms with Crippen molar-refractivity contribution < 1.29 is 4.79 Å². The highest BCUT2D eigenvalue weighted by Crippen LogP contribution is 2.15. The molecule has 0 fully saturated rings. The Balaban J connectivity index is 0.00000200. The van der Waals surface area contributed by atoms with E-state index in [0.717, 1.165) is 11.1 Å². The van der Waals surface area contributed by atoms with Crippen LogP contribution >= 0.6 is 24.8 Å². The van der Waals surface area contributed by atoms with Gasteiger partial charge in [0.15, 0.2) is 0 Å². The molecule has 0 unspecified atom stereocenters. The molecule has 1 amide bonds. The van der Waals surface area contributed by atoms with Crippen LogP contribution in [-0.4, -0.2) is 27.6 Å². The molecule has 0 aliphatic rings. The van der Waals surface area contributed by atoms with Crippen LogP contribution < -0.4 is 5.73 Å². The third-order valence-corrected chi connectivity index (χ3v) is 3.02. The first kappa shape index (κ1) is 19.3. The van der Waals surface area contributed by atoms with Gasteiger partial charge in [0.1, 0.15) is 0 Å². The largest absolute Gasteiger partial charge is 0.399 e. The molecule has 21 heavy (non-hydrogen) atoms. The van der Waals surface area contributed by atoms with E-state index in [1.54, 1.807) is 35.0 Å². The average Bonchev–Trinajstić information content (AvgIpc) is 2.77. The van der Waals surface area contributed by atoms with Gasteiger partial charge in [0, 0.05) is 43.7 Å². The molecule has 2 N–H and O–H groups in total. The van der Waals surface area contributed by atoms with Crippen molar-refractivity contribution in [3.05, 3.63) is 47.3 Å². The number of hydrogen-bond donors (Lipinski definition) is 1. The summed E-state index contributed by atoms with van der Waals surface area (Å²) in [7, 11) is 3.63. The number of aromatic nitrogens is 2. The van der Waals surface area contributed by atoms with Gasteiger partial charge in [-0.1, -0.05) is 6.07 Å². The molecule has 7 heteroatoms. The van der Waals surface area contributed by atoms with Crippen LogP contribution in [-0.2, 0) is 13.6 Å². The van der Waals surface area contributed by atoms with Crippen LogP contribution in [0.25, 0.3) is 0 Å². The van der Waals surface area contributed by atoms with Crippen molar-refractivity contribution >= 4 is 36.4 Å². The monoisotopic (exact) mass is 330 g/mol. The number of carbonyl (C=O) groups excluding carboxylic acids is 1. The fraction of sp³-hybridized carbons (Fsp3) is 0.286. The number of nitrogen functional groups attached to an aromatic ring is 1. The number of nitrogens with zero attached hydrogens (tertiary/aromatic N) is 3. The van der Waals surface area contributed by atoms with Gasteiger partial charge in [-0.3, -0.25) is 9.48 Å². The summed E-state index contributed by atoms with van der Waals surface area (Å²) in [5.41, 5.74) is 8.91. The van der Waals surface area contributed by atoms with Gasteiger partial charge in [0.25, 0.3) is 5.91 Å². The molecule has 2 rings (SSSR count). The summed E-state index contributed by atoms with van der Waals surface area (Å²) in [6.07, 6.45) is 3.66. The molecule has 1 heterocycles. The Morgan fingerprint density at radius 2 is 2.05 bits per heavy atom. The first-order valence-corrected chi connectivity index (χ1v) is 6.06. The Hall–Kier alpha value is -1.72. The van der Waals surface area contributed by atoms with Gasteiger partial charge in [-0.05, 0) is 24.6 Å². The summed E-state index contributed by atoms with van der Waals surface area (Å²) < 4.78 is 1.72. The van der Waals surface area contributed by atoms with E-state index in [2.05, 4.69) is 5.10 Å². The van der Waals surface area contributed by atoms with E-state index in [4.69, 9.17) is 5.73 Å². The molecule has 0 saturated heterocycles. The average molecular weight is 331 g/mol. The van der Waals surface area contributed by atoms with Crippen molar-refractivity contribution in [2.75, 3.05) is 12.8 Å². The number of carbonyl (C=O) groups is 1. The van der Waals surface area contributed by atoms with E-state index in [-0.39, 0.29) is 30.7 Å². The SMILES string of the molecule is Cc1ccc(N)cc1C(=O)N(C)Cc1cnn(C)c1.Cl.Cl. The van der Waals surface area contributed by atoms with Crippen LogP contribution in [0, 0.1) is 6.92 Å². The molecule has 2 aromatic rings. The maximum absolute atomic E-state index is 12.4. The standard InChI is InChI=1S/C14H18N4O.2ClH/c1-10-4-5-12(15)6-13(10)14(19)17(2)8-11-7-16-18(3)9-11;;/h4-7,9H,8,15H2,1-3H3;2*1H. The highest BCUT2D eigenvalue weighted by Gasteiger charge is 2.15. The molecule has 0 radical (unpaired) electrons. The Kier molecular flexibility index (Phi) is 7.26. The van der Waals surface area contributed by atoms with Crippen molar-refractivity contribution in [3.63, 3.8) is 0 Å². The summed E-state index contributed by atoms with van der Waals surface area (Å²) in [6.45, 7) is 2.44. The minimum absolute atomic E-state index is 0. The van der Waals surface area contributed by atoms with E-state index in [1.807, 2.05) is 26.2 Å². The third kappa shape index (κ3) is 4.65. The third-order valence-electron chi connectivity index (χ3n) is 3.02. The van der Waals surface area contributed by atoms with Crippen LogP contribution in [0.3, 0.4) is 0 Å². The van der Waals surface area contributed by atoms with E-state index in [9.17, 15) is 4.79 Å².